The molecule has 1 heterocycles. The Morgan fingerprint density at radius 1 is 0.818 bits per heavy atom. The minimum absolute atomic E-state index is 0.0791. The molecule has 1 nitrogen and oxygen atoms in total. The van der Waals surface area contributed by atoms with E-state index in [2.05, 4.69) is 83.8 Å². The van der Waals surface area contributed by atoms with Gasteiger partial charge in [0.15, 0.2) is 0 Å². The molecular weight excluding hydrogens is 404 g/mol. The molecule has 0 radical (unpaired) electrons. The lowest BCUT2D eigenvalue weighted by Gasteiger charge is -2.36. The summed E-state index contributed by atoms with van der Waals surface area (Å²) >= 11 is 7.38. The zero-order valence-corrected chi connectivity index (χ0v) is 16.6. The Bertz CT molecular complexity index is 686. The SMILES string of the molecule is CCc1cc(Br)c2c(c1)C(C)(C)c1cc(CC)cc(Br)c1O2. The molecular formula is C19H20Br2O. The van der Waals surface area contributed by atoms with Gasteiger partial charge in [0.2, 0.25) is 0 Å². The zero-order valence-electron chi connectivity index (χ0n) is 13.4. The number of benzene rings is 2. The molecule has 0 atom stereocenters. The highest BCUT2D eigenvalue weighted by Crippen LogP contribution is 2.53. The van der Waals surface area contributed by atoms with E-state index in [1.165, 1.54) is 22.3 Å². The van der Waals surface area contributed by atoms with Crippen molar-refractivity contribution in [2.75, 3.05) is 0 Å². The average molecular weight is 424 g/mol. The summed E-state index contributed by atoms with van der Waals surface area (Å²) < 4.78 is 8.35. The maximum atomic E-state index is 6.28. The Morgan fingerprint density at radius 2 is 1.23 bits per heavy atom. The van der Waals surface area contributed by atoms with E-state index in [0.29, 0.717) is 0 Å². The molecule has 22 heavy (non-hydrogen) atoms. The first-order valence-corrected chi connectivity index (χ1v) is 9.30. The summed E-state index contributed by atoms with van der Waals surface area (Å²) in [6.07, 6.45) is 2.04. The largest absolute Gasteiger partial charge is 0.454 e. The number of hydrogen-bond acceptors (Lipinski definition) is 1. The molecule has 0 amide bonds. The van der Waals surface area contributed by atoms with Gasteiger partial charge in [0.25, 0.3) is 0 Å². The van der Waals surface area contributed by atoms with Gasteiger partial charge in [-0.25, -0.2) is 0 Å². The third-order valence-electron chi connectivity index (χ3n) is 4.57. The number of fused-ring (bicyclic) bond motifs is 2. The smallest absolute Gasteiger partial charge is 0.145 e. The summed E-state index contributed by atoms with van der Waals surface area (Å²) in [5.41, 5.74) is 5.09. The Hall–Kier alpha value is -0.800. The lowest BCUT2D eigenvalue weighted by molar-refractivity contribution is 0.412. The van der Waals surface area contributed by atoms with E-state index in [9.17, 15) is 0 Å². The van der Waals surface area contributed by atoms with Gasteiger partial charge >= 0.3 is 0 Å². The van der Waals surface area contributed by atoms with Crippen molar-refractivity contribution in [2.24, 2.45) is 0 Å². The van der Waals surface area contributed by atoms with Gasteiger partial charge in [0.05, 0.1) is 8.95 Å². The first-order valence-electron chi connectivity index (χ1n) is 7.72. The second-order valence-electron chi connectivity index (χ2n) is 6.34. The molecule has 0 fully saturated rings. The van der Waals surface area contributed by atoms with Crippen LogP contribution in [0.1, 0.15) is 49.9 Å². The van der Waals surface area contributed by atoms with Crippen LogP contribution in [-0.4, -0.2) is 0 Å². The van der Waals surface area contributed by atoms with Crippen molar-refractivity contribution in [1.29, 1.82) is 0 Å². The van der Waals surface area contributed by atoms with E-state index in [-0.39, 0.29) is 5.41 Å². The van der Waals surface area contributed by atoms with Gasteiger partial charge in [0, 0.05) is 16.5 Å². The minimum atomic E-state index is -0.0791. The highest BCUT2D eigenvalue weighted by Gasteiger charge is 2.36. The highest BCUT2D eigenvalue weighted by atomic mass is 79.9. The molecule has 1 aliphatic heterocycles. The van der Waals surface area contributed by atoms with E-state index in [0.717, 1.165) is 33.3 Å². The molecule has 0 aromatic heterocycles. The van der Waals surface area contributed by atoms with Crippen LogP contribution in [0.5, 0.6) is 11.5 Å². The summed E-state index contributed by atoms with van der Waals surface area (Å²) in [6.45, 7) is 8.94. The van der Waals surface area contributed by atoms with Gasteiger partial charge in [-0.3, -0.25) is 0 Å². The molecule has 2 aromatic carbocycles. The third-order valence-corrected chi connectivity index (χ3v) is 5.75. The quantitative estimate of drug-likeness (QED) is 0.517. The van der Waals surface area contributed by atoms with E-state index >= 15 is 0 Å². The molecule has 0 bridgehead atoms. The lowest BCUT2D eigenvalue weighted by Crippen LogP contribution is -2.25. The van der Waals surface area contributed by atoms with Crippen LogP contribution >= 0.6 is 31.9 Å². The van der Waals surface area contributed by atoms with E-state index in [1.807, 2.05) is 0 Å². The lowest BCUT2D eigenvalue weighted by atomic mass is 9.74. The topological polar surface area (TPSA) is 9.23 Å². The predicted molar refractivity (Wildman–Crippen MR) is 99.2 cm³/mol. The molecule has 0 aliphatic carbocycles. The zero-order chi connectivity index (χ0) is 16.1. The van der Waals surface area contributed by atoms with Crippen molar-refractivity contribution in [3.05, 3.63) is 55.5 Å². The van der Waals surface area contributed by atoms with Crippen LogP contribution < -0.4 is 4.74 Å². The predicted octanol–water partition coefficient (Wildman–Crippen LogP) is 6.77. The van der Waals surface area contributed by atoms with Crippen molar-refractivity contribution >= 4 is 31.9 Å². The summed E-state index contributed by atoms with van der Waals surface area (Å²) in [4.78, 5) is 0. The fourth-order valence-corrected chi connectivity index (χ4v) is 4.27. The highest BCUT2D eigenvalue weighted by molar-refractivity contribution is 9.11. The van der Waals surface area contributed by atoms with Gasteiger partial charge < -0.3 is 4.74 Å². The number of halogens is 2. The third kappa shape index (κ3) is 2.43. The van der Waals surface area contributed by atoms with Crippen LogP contribution in [0, 0.1) is 0 Å². The van der Waals surface area contributed by atoms with Gasteiger partial charge in [-0.05, 0) is 68.0 Å². The van der Waals surface area contributed by atoms with Gasteiger partial charge in [0.1, 0.15) is 11.5 Å². The molecule has 0 saturated carbocycles. The van der Waals surface area contributed by atoms with Crippen molar-refractivity contribution in [1.82, 2.24) is 0 Å². The monoisotopic (exact) mass is 422 g/mol. The Morgan fingerprint density at radius 3 is 1.59 bits per heavy atom. The van der Waals surface area contributed by atoms with E-state index in [1.54, 1.807) is 0 Å². The van der Waals surface area contributed by atoms with Gasteiger partial charge in [-0.1, -0.05) is 39.8 Å². The molecule has 3 heteroatoms. The standard InChI is InChI=1S/C19H20Br2O/c1-5-11-7-13-17(15(20)9-11)22-18-14(19(13,3)4)8-12(6-2)10-16(18)21/h7-10H,5-6H2,1-4H3. The van der Waals surface area contributed by atoms with Crippen LogP contribution in [0.4, 0.5) is 0 Å². The van der Waals surface area contributed by atoms with Crippen LogP contribution in [0.25, 0.3) is 0 Å². The molecule has 116 valence electrons. The maximum absolute atomic E-state index is 6.28. The van der Waals surface area contributed by atoms with Crippen LogP contribution in [-0.2, 0) is 18.3 Å². The van der Waals surface area contributed by atoms with Gasteiger partial charge in [-0.2, -0.15) is 0 Å². The van der Waals surface area contributed by atoms with Crippen molar-refractivity contribution in [2.45, 2.75) is 46.0 Å². The van der Waals surface area contributed by atoms with Crippen LogP contribution in [0.2, 0.25) is 0 Å². The minimum Gasteiger partial charge on any atom is -0.454 e. The normalized spacial score (nSPS) is 15.0. The second-order valence-corrected chi connectivity index (χ2v) is 8.05. The molecule has 0 spiro atoms. The summed E-state index contributed by atoms with van der Waals surface area (Å²) in [5, 5.41) is 0. The maximum Gasteiger partial charge on any atom is 0.145 e. The Labute approximate surface area is 149 Å². The first kappa shape index (κ1) is 16.1. The second kappa shape index (κ2) is 5.68. The molecule has 2 aromatic rings. The van der Waals surface area contributed by atoms with Crippen molar-refractivity contribution < 1.29 is 4.74 Å². The number of ether oxygens (including phenoxy) is 1. The fraction of sp³-hybridized carbons (Fsp3) is 0.368. The molecule has 1 aliphatic rings. The summed E-state index contributed by atoms with van der Waals surface area (Å²) in [5.74, 6) is 1.89. The van der Waals surface area contributed by atoms with Crippen molar-refractivity contribution in [3.63, 3.8) is 0 Å². The fourth-order valence-electron chi connectivity index (χ4n) is 3.09. The molecule has 0 N–H and O–H groups in total. The first-order chi connectivity index (χ1) is 10.4. The van der Waals surface area contributed by atoms with E-state index in [4.69, 9.17) is 4.74 Å². The molecule has 3 rings (SSSR count). The Balaban J connectivity index is 2.28. The van der Waals surface area contributed by atoms with Gasteiger partial charge in [-0.15, -0.1) is 0 Å². The van der Waals surface area contributed by atoms with Crippen LogP contribution in [0.3, 0.4) is 0 Å². The van der Waals surface area contributed by atoms with Crippen LogP contribution in [0.15, 0.2) is 33.2 Å². The summed E-state index contributed by atoms with van der Waals surface area (Å²) in [7, 11) is 0. The number of rotatable bonds is 2. The van der Waals surface area contributed by atoms with E-state index < -0.39 is 0 Å². The summed E-state index contributed by atoms with van der Waals surface area (Å²) in [6, 6.07) is 8.90. The molecule has 0 saturated heterocycles. The number of aryl methyl sites for hydroxylation is 2. The van der Waals surface area contributed by atoms with Crippen molar-refractivity contribution in [3.8, 4) is 11.5 Å². The molecule has 0 unspecified atom stereocenters. The Kier molecular flexibility index (Phi) is 4.15. The average Bonchev–Trinajstić information content (AvgIpc) is 2.48. The number of hydrogen-bond donors (Lipinski definition) is 0.